The summed E-state index contributed by atoms with van der Waals surface area (Å²) in [7, 11) is 0. The lowest BCUT2D eigenvalue weighted by Crippen LogP contribution is -2.11. The van der Waals surface area contributed by atoms with Crippen molar-refractivity contribution >= 4 is 92.1 Å². The van der Waals surface area contributed by atoms with Gasteiger partial charge in [0.1, 0.15) is 5.58 Å². The highest BCUT2D eigenvalue weighted by molar-refractivity contribution is 7.25. The minimum atomic E-state index is 0.853. The minimum absolute atomic E-state index is 0.853. The Hall–Kier alpha value is -7.46. The third-order valence-corrected chi connectivity index (χ3v) is 13.0. The molecule has 0 atom stereocenters. The topological polar surface area (TPSA) is 16.4 Å². The first kappa shape index (κ1) is 33.7. The molecule has 12 aromatic rings. The molecule has 0 aliphatic heterocycles. The molecule has 0 N–H and O–H groups in total. The maximum Gasteiger partial charge on any atom is 0.159 e. The zero-order chi connectivity index (χ0) is 38.9. The number of hydrogen-bond acceptors (Lipinski definition) is 3. The number of fused-ring (bicyclic) bond motifs is 8. The molecule has 0 saturated carbocycles. The van der Waals surface area contributed by atoms with Crippen molar-refractivity contribution in [1.82, 2.24) is 0 Å². The van der Waals surface area contributed by atoms with Crippen LogP contribution in [0.3, 0.4) is 0 Å². The molecule has 2 heterocycles. The van der Waals surface area contributed by atoms with E-state index in [0.29, 0.717) is 0 Å². The van der Waals surface area contributed by atoms with E-state index < -0.39 is 0 Å². The fraction of sp³-hybridized carbons (Fsp3) is 0. The molecule has 276 valence electrons. The number of para-hydroxylation sites is 2. The van der Waals surface area contributed by atoms with E-state index in [0.717, 1.165) is 55.5 Å². The molecule has 0 spiro atoms. The summed E-state index contributed by atoms with van der Waals surface area (Å²) in [5.74, 6) is 0. The number of hydrogen-bond donors (Lipinski definition) is 0. The summed E-state index contributed by atoms with van der Waals surface area (Å²) < 4.78 is 9.69. The van der Waals surface area contributed by atoms with E-state index in [4.69, 9.17) is 4.42 Å². The number of nitrogens with zero attached hydrogens (tertiary/aromatic N) is 1. The Kier molecular flexibility index (Phi) is 7.75. The van der Waals surface area contributed by atoms with Gasteiger partial charge in [-0.1, -0.05) is 176 Å². The highest BCUT2D eigenvalue weighted by Crippen LogP contribution is 2.48. The van der Waals surface area contributed by atoms with Crippen LogP contribution in [0.15, 0.2) is 217 Å². The van der Waals surface area contributed by atoms with Crippen LogP contribution in [0.5, 0.6) is 0 Å². The lowest BCUT2D eigenvalue weighted by Gasteiger charge is -2.28. The average molecular weight is 770 g/mol. The van der Waals surface area contributed by atoms with E-state index in [1.807, 2.05) is 11.3 Å². The molecule has 0 amide bonds. The van der Waals surface area contributed by atoms with Gasteiger partial charge in [-0.15, -0.1) is 11.3 Å². The Morgan fingerprint density at radius 1 is 0.322 bits per heavy atom. The largest absolute Gasteiger partial charge is 0.453 e. The van der Waals surface area contributed by atoms with E-state index >= 15 is 0 Å². The van der Waals surface area contributed by atoms with Crippen LogP contribution < -0.4 is 4.90 Å². The number of benzene rings is 10. The van der Waals surface area contributed by atoms with Crippen LogP contribution in [0.4, 0.5) is 17.1 Å². The number of furan rings is 1. The molecule has 0 unspecified atom stereocenters. The summed E-state index contributed by atoms with van der Waals surface area (Å²) in [5, 5.41) is 9.64. The molecule has 10 aromatic carbocycles. The lowest BCUT2D eigenvalue weighted by molar-refractivity contribution is 0.670. The van der Waals surface area contributed by atoms with Crippen LogP contribution in [-0.4, -0.2) is 0 Å². The molecule has 0 fully saturated rings. The van der Waals surface area contributed by atoms with Crippen molar-refractivity contribution in [2.45, 2.75) is 0 Å². The van der Waals surface area contributed by atoms with Gasteiger partial charge in [-0.25, -0.2) is 0 Å². The first-order chi connectivity index (χ1) is 29.3. The first-order valence-electron chi connectivity index (χ1n) is 20.1. The van der Waals surface area contributed by atoms with Crippen molar-refractivity contribution in [2.75, 3.05) is 4.90 Å². The molecule has 12 rings (SSSR count). The number of anilines is 3. The van der Waals surface area contributed by atoms with Gasteiger partial charge in [0.2, 0.25) is 0 Å². The van der Waals surface area contributed by atoms with Crippen molar-refractivity contribution in [3.05, 3.63) is 212 Å². The third kappa shape index (κ3) is 5.40. The number of thiophene rings is 1. The molecular formula is C56H35NOS. The monoisotopic (exact) mass is 769 g/mol. The molecule has 2 aromatic heterocycles. The first-order valence-corrected chi connectivity index (χ1v) is 20.9. The maximum absolute atomic E-state index is 7.08. The van der Waals surface area contributed by atoms with Crippen molar-refractivity contribution in [2.24, 2.45) is 0 Å². The van der Waals surface area contributed by atoms with E-state index in [9.17, 15) is 0 Å². The standard InChI is InChI=1S/C56H35NOS/c1-2-14-37(15-3-1)42-23-11-25-47-48-26-12-27-51(56(48)58-55(42)47)57(39-32-30-38(31-33-39)41-22-13-29-53-54(41)49-21-8-9-28-52(49)59-53)50-35-34-45(44-19-6-7-20-46(44)50)43-24-10-17-36-16-4-5-18-40(36)43/h1-35H. The highest BCUT2D eigenvalue weighted by Gasteiger charge is 2.23. The molecule has 0 saturated heterocycles. The van der Waals surface area contributed by atoms with E-state index in [1.54, 1.807) is 0 Å². The summed E-state index contributed by atoms with van der Waals surface area (Å²) >= 11 is 1.86. The molecule has 0 bridgehead atoms. The van der Waals surface area contributed by atoms with Gasteiger partial charge in [0.25, 0.3) is 0 Å². The van der Waals surface area contributed by atoms with Gasteiger partial charge < -0.3 is 9.32 Å². The SMILES string of the molecule is c1ccc(-c2cccc3c2oc2c(N(c4ccc(-c5cccc6sc7ccccc7c56)cc4)c4ccc(-c5cccc6ccccc56)c5ccccc45)cccc23)cc1. The Balaban J connectivity index is 1.09. The van der Waals surface area contributed by atoms with E-state index in [-0.39, 0.29) is 0 Å². The van der Waals surface area contributed by atoms with Crippen LogP contribution in [0, 0.1) is 0 Å². The predicted octanol–water partition coefficient (Wildman–Crippen LogP) is 16.7. The Labute approximate surface area is 345 Å². The third-order valence-electron chi connectivity index (χ3n) is 11.9. The number of rotatable bonds is 6. The minimum Gasteiger partial charge on any atom is -0.453 e. The highest BCUT2D eigenvalue weighted by atomic mass is 32.1. The maximum atomic E-state index is 7.08. The van der Waals surface area contributed by atoms with Gasteiger partial charge in [-0.2, -0.15) is 0 Å². The Morgan fingerprint density at radius 2 is 0.898 bits per heavy atom. The summed E-state index contributed by atoms with van der Waals surface area (Å²) in [6, 6.07) is 76.8. The van der Waals surface area contributed by atoms with Gasteiger partial charge in [0.15, 0.2) is 5.58 Å². The normalized spacial score (nSPS) is 11.7. The van der Waals surface area contributed by atoms with Crippen molar-refractivity contribution in [1.29, 1.82) is 0 Å². The van der Waals surface area contributed by atoms with Crippen LogP contribution in [0.1, 0.15) is 0 Å². The fourth-order valence-corrected chi connectivity index (χ4v) is 10.3. The van der Waals surface area contributed by atoms with Crippen LogP contribution >= 0.6 is 11.3 Å². The second-order valence-corrected chi connectivity index (χ2v) is 16.3. The van der Waals surface area contributed by atoms with Gasteiger partial charge in [-0.05, 0) is 80.4 Å². The summed E-state index contributed by atoms with van der Waals surface area (Å²) in [6.07, 6.45) is 0. The zero-order valence-electron chi connectivity index (χ0n) is 32.0. The second kappa shape index (κ2) is 13.6. The van der Waals surface area contributed by atoms with Crippen molar-refractivity contribution in [3.63, 3.8) is 0 Å². The molecular weight excluding hydrogens is 735 g/mol. The summed E-state index contributed by atoms with van der Waals surface area (Å²) in [6.45, 7) is 0. The quantitative estimate of drug-likeness (QED) is 0.167. The van der Waals surface area contributed by atoms with E-state index in [2.05, 4.69) is 217 Å². The molecule has 0 aliphatic rings. The smallest absolute Gasteiger partial charge is 0.159 e. The fourth-order valence-electron chi connectivity index (χ4n) is 9.21. The predicted molar refractivity (Wildman–Crippen MR) is 253 cm³/mol. The summed E-state index contributed by atoms with van der Waals surface area (Å²) in [4.78, 5) is 2.40. The lowest BCUT2D eigenvalue weighted by atomic mass is 9.93. The molecule has 0 radical (unpaired) electrons. The van der Waals surface area contributed by atoms with Gasteiger partial charge in [0, 0.05) is 47.6 Å². The van der Waals surface area contributed by atoms with E-state index in [1.165, 1.54) is 58.6 Å². The van der Waals surface area contributed by atoms with Crippen molar-refractivity contribution < 1.29 is 4.42 Å². The van der Waals surface area contributed by atoms with Crippen molar-refractivity contribution in [3.8, 4) is 33.4 Å². The molecule has 2 nitrogen and oxygen atoms in total. The Bertz CT molecular complexity index is 3550. The van der Waals surface area contributed by atoms with Gasteiger partial charge in [0.05, 0.1) is 11.4 Å². The summed E-state index contributed by atoms with van der Waals surface area (Å²) in [5.41, 5.74) is 12.0. The zero-order valence-corrected chi connectivity index (χ0v) is 32.8. The van der Waals surface area contributed by atoms with Crippen LogP contribution in [0.25, 0.3) is 97.0 Å². The molecule has 59 heavy (non-hydrogen) atoms. The van der Waals surface area contributed by atoms with Gasteiger partial charge >= 0.3 is 0 Å². The van der Waals surface area contributed by atoms with Gasteiger partial charge in [-0.3, -0.25) is 0 Å². The Morgan fingerprint density at radius 3 is 1.76 bits per heavy atom. The molecule has 0 aliphatic carbocycles. The van der Waals surface area contributed by atoms with Crippen LogP contribution in [0.2, 0.25) is 0 Å². The van der Waals surface area contributed by atoms with Crippen LogP contribution in [-0.2, 0) is 0 Å². The average Bonchev–Trinajstić information content (AvgIpc) is 3.89. The molecule has 3 heteroatoms. The second-order valence-electron chi connectivity index (χ2n) is 15.2.